The Kier molecular flexibility index (Phi) is 4.89. The summed E-state index contributed by atoms with van der Waals surface area (Å²) in [4.78, 5) is 12.5. The van der Waals surface area contributed by atoms with Gasteiger partial charge in [-0.15, -0.1) is 0 Å². The van der Waals surface area contributed by atoms with Crippen molar-refractivity contribution in [3.05, 3.63) is 28.8 Å². The molecule has 0 radical (unpaired) electrons. The number of amides is 1. The Bertz CT molecular complexity index is 543. The summed E-state index contributed by atoms with van der Waals surface area (Å²) in [7, 11) is 0. The van der Waals surface area contributed by atoms with Crippen LogP contribution in [0.4, 0.5) is 0 Å². The first-order valence-corrected chi connectivity index (χ1v) is 8.50. The highest BCUT2D eigenvalue weighted by Crippen LogP contribution is 2.31. The molecule has 4 nitrogen and oxygen atoms in total. The fraction of sp³-hybridized carbons (Fsp3) is 0.588. The van der Waals surface area contributed by atoms with Gasteiger partial charge in [0.15, 0.2) is 6.10 Å². The van der Waals surface area contributed by atoms with Crippen molar-refractivity contribution in [2.75, 3.05) is 6.54 Å². The molecule has 0 saturated heterocycles. The molecule has 1 heterocycles. The minimum Gasteiger partial charge on any atom is -0.480 e. The van der Waals surface area contributed by atoms with Gasteiger partial charge in [0, 0.05) is 24.0 Å². The topological polar surface area (TPSA) is 64.3 Å². The first-order valence-electron chi connectivity index (χ1n) is 8.13. The van der Waals surface area contributed by atoms with Gasteiger partial charge in [0.1, 0.15) is 5.75 Å². The first kappa shape index (κ1) is 15.6. The molecule has 1 aromatic rings. The molecule has 2 atom stereocenters. The summed E-state index contributed by atoms with van der Waals surface area (Å²) >= 11 is 5.99. The zero-order valence-electron chi connectivity index (χ0n) is 12.7. The number of rotatable bonds is 4. The SMILES string of the molecule is NCC(NC(=O)C1Cc2cc(Cl)ccc2O1)C1CCCCC1. The summed E-state index contributed by atoms with van der Waals surface area (Å²) in [6, 6.07) is 5.53. The molecule has 1 aliphatic heterocycles. The molecular formula is C17H23ClN2O2. The predicted molar refractivity (Wildman–Crippen MR) is 87.1 cm³/mol. The van der Waals surface area contributed by atoms with Gasteiger partial charge < -0.3 is 15.8 Å². The highest BCUT2D eigenvalue weighted by Gasteiger charge is 2.32. The summed E-state index contributed by atoms with van der Waals surface area (Å²) in [5, 5.41) is 3.78. The van der Waals surface area contributed by atoms with E-state index in [0.717, 1.165) is 24.2 Å². The van der Waals surface area contributed by atoms with E-state index in [-0.39, 0.29) is 11.9 Å². The number of hydrogen-bond donors (Lipinski definition) is 2. The van der Waals surface area contributed by atoms with Gasteiger partial charge in [-0.3, -0.25) is 4.79 Å². The van der Waals surface area contributed by atoms with Crippen LogP contribution in [-0.4, -0.2) is 24.6 Å². The second-order valence-electron chi connectivity index (χ2n) is 6.31. The van der Waals surface area contributed by atoms with Crippen molar-refractivity contribution in [2.24, 2.45) is 11.7 Å². The van der Waals surface area contributed by atoms with E-state index in [9.17, 15) is 4.79 Å². The second-order valence-corrected chi connectivity index (χ2v) is 6.75. The van der Waals surface area contributed by atoms with Crippen molar-refractivity contribution >= 4 is 17.5 Å². The lowest BCUT2D eigenvalue weighted by atomic mass is 9.84. The number of nitrogens with one attached hydrogen (secondary N) is 1. The first-order chi connectivity index (χ1) is 10.7. The lowest BCUT2D eigenvalue weighted by Gasteiger charge is -2.30. The number of carbonyl (C=O) groups excluding carboxylic acids is 1. The van der Waals surface area contributed by atoms with Crippen LogP contribution in [0.1, 0.15) is 37.7 Å². The molecule has 1 saturated carbocycles. The monoisotopic (exact) mass is 322 g/mol. The van der Waals surface area contributed by atoms with Crippen molar-refractivity contribution in [3.8, 4) is 5.75 Å². The molecule has 1 amide bonds. The largest absolute Gasteiger partial charge is 0.480 e. The third-order valence-electron chi connectivity index (χ3n) is 4.79. The third-order valence-corrected chi connectivity index (χ3v) is 5.03. The normalized spacial score (nSPS) is 22.7. The maximum atomic E-state index is 12.5. The smallest absolute Gasteiger partial charge is 0.261 e. The van der Waals surface area contributed by atoms with Gasteiger partial charge in [-0.25, -0.2) is 0 Å². The zero-order chi connectivity index (χ0) is 15.5. The lowest BCUT2D eigenvalue weighted by molar-refractivity contribution is -0.128. The van der Waals surface area contributed by atoms with Crippen LogP contribution in [0.25, 0.3) is 0 Å². The van der Waals surface area contributed by atoms with E-state index < -0.39 is 6.10 Å². The molecule has 22 heavy (non-hydrogen) atoms. The fourth-order valence-electron chi connectivity index (χ4n) is 3.54. The van der Waals surface area contributed by atoms with Crippen LogP contribution in [-0.2, 0) is 11.2 Å². The number of carbonyl (C=O) groups is 1. The quantitative estimate of drug-likeness (QED) is 0.895. The van der Waals surface area contributed by atoms with Crippen molar-refractivity contribution in [2.45, 2.75) is 50.7 Å². The van der Waals surface area contributed by atoms with Crippen molar-refractivity contribution in [1.29, 1.82) is 0 Å². The molecule has 5 heteroatoms. The molecule has 0 spiro atoms. The molecule has 2 unspecified atom stereocenters. The highest BCUT2D eigenvalue weighted by atomic mass is 35.5. The number of fused-ring (bicyclic) bond motifs is 1. The molecule has 0 bridgehead atoms. The van der Waals surface area contributed by atoms with Crippen LogP contribution in [0.3, 0.4) is 0 Å². The van der Waals surface area contributed by atoms with E-state index in [1.165, 1.54) is 19.3 Å². The van der Waals surface area contributed by atoms with Gasteiger partial charge in [0.25, 0.3) is 5.91 Å². The molecule has 3 rings (SSSR count). The zero-order valence-corrected chi connectivity index (χ0v) is 13.4. The maximum Gasteiger partial charge on any atom is 0.261 e. The number of nitrogens with two attached hydrogens (primary N) is 1. The van der Waals surface area contributed by atoms with Gasteiger partial charge in [-0.05, 0) is 42.5 Å². The van der Waals surface area contributed by atoms with E-state index in [1.807, 2.05) is 12.1 Å². The van der Waals surface area contributed by atoms with E-state index in [0.29, 0.717) is 23.9 Å². The maximum absolute atomic E-state index is 12.5. The Morgan fingerprint density at radius 2 is 2.14 bits per heavy atom. The molecule has 1 fully saturated rings. The average Bonchev–Trinajstić information content (AvgIpc) is 2.96. The van der Waals surface area contributed by atoms with Gasteiger partial charge in [-0.2, -0.15) is 0 Å². The van der Waals surface area contributed by atoms with Crippen molar-refractivity contribution < 1.29 is 9.53 Å². The average molecular weight is 323 g/mol. The van der Waals surface area contributed by atoms with Crippen LogP contribution in [0, 0.1) is 5.92 Å². The Morgan fingerprint density at radius 1 is 1.36 bits per heavy atom. The van der Waals surface area contributed by atoms with Crippen LogP contribution in [0.15, 0.2) is 18.2 Å². The van der Waals surface area contributed by atoms with Gasteiger partial charge >= 0.3 is 0 Å². The summed E-state index contributed by atoms with van der Waals surface area (Å²) in [6.07, 6.45) is 6.19. The number of halogens is 1. The highest BCUT2D eigenvalue weighted by molar-refractivity contribution is 6.30. The molecular weight excluding hydrogens is 300 g/mol. The van der Waals surface area contributed by atoms with Crippen LogP contribution >= 0.6 is 11.6 Å². The van der Waals surface area contributed by atoms with Crippen LogP contribution in [0.2, 0.25) is 5.02 Å². The fourth-order valence-corrected chi connectivity index (χ4v) is 3.74. The standard InChI is InChI=1S/C17H23ClN2O2/c18-13-6-7-15-12(8-13)9-16(22-15)17(21)20-14(10-19)11-4-2-1-3-5-11/h6-8,11,14,16H,1-5,9-10,19H2,(H,20,21). The Morgan fingerprint density at radius 3 is 2.86 bits per heavy atom. The second kappa shape index (κ2) is 6.88. The van der Waals surface area contributed by atoms with Gasteiger partial charge in [-0.1, -0.05) is 30.9 Å². The molecule has 120 valence electrons. The minimum absolute atomic E-state index is 0.0590. The molecule has 3 N–H and O–H groups in total. The Balaban J connectivity index is 1.60. The molecule has 1 aliphatic carbocycles. The Hall–Kier alpha value is -1.26. The van der Waals surface area contributed by atoms with Crippen LogP contribution < -0.4 is 15.8 Å². The summed E-state index contributed by atoms with van der Waals surface area (Å²) < 4.78 is 5.74. The minimum atomic E-state index is -0.467. The third kappa shape index (κ3) is 3.39. The van der Waals surface area contributed by atoms with Crippen molar-refractivity contribution in [3.63, 3.8) is 0 Å². The molecule has 2 aliphatic rings. The van der Waals surface area contributed by atoms with Gasteiger partial charge in [0.2, 0.25) is 0 Å². The Labute approximate surface area is 136 Å². The summed E-state index contributed by atoms with van der Waals surface area (Å²) in [5.41, 5.74) is 6.88. The number of benzene rings is 1. The van der Waals surface area contributed by atoms with E-state index in [1.54, 1.807) is 6.07 Å². The van der Waals surface area contributed by atoms with Gasteiger partial charge in [0.05, 0.1) is 0 Å². The number of hydrogen-bond acceptors (Lipinski definition) is 3. The summed E-state index contributed by atoms with van der Waals surface area (Å²) in [6.45, 7) is 0.488. The van der Waals surface area contributed by atoms with E-state index in [2.05, 4.69) is 5.32 Å². The van der Waals surface area contributed by atoms with Crippen molar-refractivity contribution in [1.82, 2.24) is 5.32 Å². The van der Waals surface area contributed by atoms with E-state index >= 15 is 0 Å². The van der Waals surface area contributed by atoms with Crippen LogP contribution in [0.5, 0.6) is 5.75 Å². The molecule has 0 aromatic heterocycles. The predicted octanol–water partition coefficient (Wildman–Crippen LogP) is 2.67. The number of ether oxygens (including phenoxy) is 1. The lowest BCUT2D eigenvalue weighted by Crippen LogP contribution is -2.50. The molecule has 1 aromatic carbocycles. The van der Waals surface area contributed by atoms with E-state index in [4.69, 9.17) is 22.1 Å². The summed E-state index contributed by atoms with van der Waals surface area (Å²) in [5.74, 6) is 1.20.